The van der Waals surface area contributed by atoms with Gasteiger partial charge in [-0.05, 0) is 30.7 Å². The smallest absolute Gasteiger partial charge is 0.123 e. The third kappa shape index (κ3) is 5.25. The molecular formula is C16H25FN2OS. The fourth-order valence-electron chi connectivity index (χ4n) is 2.68. The van der Waals surface area contributed by atoms with Crippen LogP contribution < -0.4 is 0 Å². The summed E-state index contributed by atoms with van der Waals surface area (Å²) in [6, 6.07) is 7.03. The van der Waals surface area contributed by atoms with E-state index in [4.69, 9.17) is 0 Å². The molecule has 1 unspecified atom stereocenters. The number of aliphatic hydroxyl groups excluding tert-OH is 1. The van der Waals surface area contributed by atoms with E-state index in [9.17, 15) is 9.50 Å². The monoisotopic (exact) mass is 312 g/mol. The maximum absolute atomic E-state index is 12.8. The van der Waals surface area contributed by atoms with Gasteiger partial charge in [0.15, 0.2) is 0 Å². The molecule has 0 radical (unpaired) electrons. The molecule has 1 fully saturated rings. The molecule has 118 valence electrons. The van der Waals surface area contributed by atoms with Gasteiger partial charge in [0.1, 0.15) is 5.82 Å². The largest absolute Gasteiger partial charge is 0.395 e. The van der Waals surface area contributed by atoms with Crippen molar-refractivity contribution in [2.75, 3.05) is 45.1 Å². The Morgan fingerprint density at radius 2 is 1.86 bits per heavy atom. The minimum Gasteiger partial charge on any atom is -0.395 e. The third-order valence-corrected chi connectivity index (χ3v) is 5.09. The van der Waals surface area contributed by atoms with E-state index >= 15 is 0 Å². The minimum atomic E-state index is -0.176. The van der Waals surface area contributed by atoms with Crippen molar-refractivity contribution in [1.29, 1.82) is 0 Å². The molecule has 1 heterocycles. The summed E-state index contributed by atoms with van der Waals surface area (Å²) in [5.74, 6) is 0.855. The lowest BCUT2D eigenvalue weighted by molar-refractivity contribution is 0.0661. The number of hydrogen-bond acceptors (Lipinski definition) is 4. The van der Waals surface area contributed by atoms with Crippen molar-refractivity contribution in [3.63, 3.8) is 0 Å². The number of piperazine rings is 1. The van der Waals surface area contributed by atoms with Crippen LogP contribution >= 0.6 is 11.8 Å². The van der Waals surface area contributed by atoms with Crippen molar-refractivity contribution in [3.05, 3.63) is 30.1 Å². The lowest BCUT2D eigenvalue weighted by atomic mass is 10.1. The highest BCUT2D eigenvalue weighted by Crippen LogP contribution is 2.18. The van der Waals surface area contributed by atoms with Crippen LogP contribution in [-0.4, -0.2) is 66.0 Å². The van der Waals surface area contributed by atoms with Gasteiger partial charge in [0.2, 0.25) is 0 Å². The van der Waals surface area contributed by atoms with Crippen LogP contribution in [0.25, 0.3) is 0 Å². The average Bonchev–Trinajstić information content (AvgIpc) is 2.52. The summed E-state index contributed by atoms with van der Waals surface area (Å²) in [4.78, 5) is 5.99. The Hall–Kier alpha value is -0.620. The summed E-state index contributed by atoms with van der Waals surface area (Å²) in [6.45, 7) is 7.68. The van der Waals surface area contributed by atoms with Gasteiger partial charge in [0.25, 0.3) is 0 Å². The molecule has 1 aromatic carbocycles. The molecule has 5 heteroatoms. The predicted octanol–water partition coefficient (Wildman–Crippen LogP) is 2.31. The van der Waals surface area contributed by atoms with Crippen molar-refractivity contribution in [2.24, 2.45) is 0 Å². The summed E-state index contributed by atoms with van der Waals surface area (Å²) in [7, 11) is 0. The predicted molar refractivity (Wildman–Crippen MR) is 86.3 cm³/mol. The number of benzene rings is 1. The molecule has 0 aliphatic carbocycles. The summed E-state index contributed by atoms with van der Waals surface area (Å²) < 4.78 is 12.8. The zero-order valence-corrected chi connectivity index (χ0v) is 13.5. The van der Waals surface area contributed by atoms with Crippen LogP contribution in [0.1, 0.15) is 13.3 Å². The molecule has 0 bridgehead atoms. The van der Waals surface area contributed by atoms with Gasteiger partial charge >= 0.3 is 0 Å². The van der Waals surface area contributed by atoms with Crippen molar-refractivity contribution in [2.45, 2.75) is 24.3 Å². The van der Waals surface area contributed by atoms with E-state index in [2.05, 4.69) is 16.7 Å². The van der Waals surface area contributed by atoms with Gasteiger partial charge in [-0.25, -0.2) is 4.39 Å². The highest BCUT2D eigenvalue weighted by molar-refractivity contribution is 7.99. The number of halogens is 1. The van der Waals surface area contributed by atoms with E-state index in [1.807, 2.05) is 12.1 Å². The first kappa shape index (κ1) is 16.7. The lowest BCUT2D eigenvalue weighted by Crippen LogP contribution is -2.51. The minimum absolute atomic E-state index is 0.176. The van der Waals surface area contributed by atoms with Crippen molar-refractivity contribution in [3.8, 4) is 0 Å². The summed E-state index contributed by atoms with van der Waals surface area (Å²) in [6.07, 6.45) is 1.01. The first-order valence-electron chi connectivity index (χ1n) is 7.68. The van der Waals surface area contributed by atoms with Gasteiger partial charge in [-0.15, -0.1) is 11.8 Å². The quantitative estimate of drug-likeness (QED) is 0.782. The van der Waals surface area contributed by atoms with Crippen LogP contribution in [0.2, 0.25) is 0 Å². The molecule has 3 nitrogen and oxygen atoms in total. The van der Waals surface area contributed by atoms with E-state index in [-0.39, 0.29) is 12.4 Å². The first-order valence-corrected chi connectivity index (χ1v) is 8.67. The third-order valence-electron chi connectivity index (χ3n) is 4.10. The highest BCUT2D eigenvalue weighted by atomic mass is 32.2. The number of rotatable bonds is 7. The van der Waals surface area contributed by atoms with E-state index in [0.717, 1.165) is 49.8 Å². The Labute approximate surface area is 131 Å². The Morgan fingerprint density at radius 1 is 1.19 bits per heavy atom. The van der Waals surface area contributed by atoms with E-state index < -0.39 is 0 Å². The Kier molecular flexibility index (Phi) is 6.96. The van der Waals surface area contributed by atoms with Crippen molar-refractivity contribution >= 4 is 11.8 Å². The van der Waals surface area contributed by atoms with Crippen LogP contribution in [0.3, 0.4) is 0 Å². The topological polar surface area (TPSA) is 26.7 Å². The highest BCUT2D eigenvalue weighted by Gasteiger charge is 2.21. The van der Waals surface area contributed by atoms with Gasteiger partial charge in [-0.1, -0.05) is 6.92 Å². The van der Waals surface area contributed by atoms with Crippen molar-refractivity contribution < 1.29 is 9.50 Å². The van der Waals surface area contributed by atoms with E-state index in [1.165, 1.54) is 12.1 Å². The van der Waals surface area contributed by atoms with E-state index in [1.54, 1.807) is 11.8 Å². The number of nitrogens with zero attached hydrogens (tertiary/aromatic N) is 2. The molecule has 1 atom stereocenters. The van der Waals surface area contributed by atoms with Gasteiger partial charge in [-0.3, -0.25) is 9.80 Å². The Balaban J connectivity index is 1.66. The Morgan fingerprint density at radius 3 is 2.43 bits per heavy atom. The molecule has 1 N–H and O–H groups in total. The zero-order chi connectivity index (χ0) is 15.1. The molecule has 1 saturated heterocycles. The fraction of sp³-hybridized carbons (Fsp3) is 0.625. The second-order valence-electron chi connectivity index (χ2n) is 5.42. The molecule has 1 aliphatic heterocycles. The molecule has 1 aromatic rings. The summed E-state index contributed by atoms with van der Waals surface area (Å²) in [5.41, 5.74) is 0. The fourth-order valence-corrected chi connectivity index (χ4v) is 3.59. The van der Waals surface area contributed by atoms with Gasteiger partial charge in [-0.2, -0.15) is 0 Å². The second-order valence-corrected chi connectivity index (χ2v) is 6.59. The molecule has 21 heavy (non-hydrogen) atoms. The molecule has 0 aromatic heterocycles. The van der Waals surface area contributed by atoms with Gasteiger partial charge in [0, 0.05) is 49.4 Å². The number of hydrogen-bond donors (Lipinski definition) is 1. The Bertz CT molecular complexity index is 403. The van der Waals surface area contributed by atoms with Gasteiger partial charge in [0.05, 0.1) is 6.61 Å². The maximum Gasteiger partial charge on any atom is 0.123 e. The SMILES string of the molecule is CCC(CO)N1CCN(CCSc2ccc(F)cc2)CC1. The summed E-state index contributed by atoms with van der Waals surface area (Å²) >= 11 is 1.78. The molecule has 0 saturated carbocycles. The maximum atomic E-state index is 12.8. The molecular weight excluding hydrogens is 287 g/mol. The van der Waals surface area contributed by atoms with Crippen LogP contribution in [0.5, 0.6) is 0 Å². The average molecular weight is 312 g/mol. The lowest BCUT2D eigenvalue weighted by Gasteiger charge is -2.38. The number of thioether (sulfide) groups is 1. The van der Waals surface area contributed by atoms with Crippen LogP contribution in [0.15, 0.2) is 29.2 Å². The standard InChI is InChI=1S/C16H25FN2OS/c1-2-15(13-20)19-9-7-18(8-10-19)11-12-21-16-5-3-14(17)4-6-16/h3-6,15,20H,2,7-13H2,1H3. The normalized spacial score (nSPS) is 18.8. The first-order chi connectivity index (χ1) is 10.2. The molecule has 0 amide bonds. The molecule has 1 aliphatic rings. The van der Waals surface area contributed by atoms with E-state index in [0.29, 0.717) is 6.04 Å². The van der Waals surface area contributed by atoms with Gasteiger partial charge < -0.3 is 5.11 Å². The zero-order valence-electron chi connectivity index (χ0n) is 12.7. The van der Waals surface area contributed by atoms with Crippen molar-refractivity contribution in [1.82, 2.24) is 9.80 Å². The number of aliphatic hydroxyl groups is 1. The molecule has 0 spiro atoms. The molecule has 2 rings (SSSR count). The van der Waals surface area contributed by atoms with Crippen LogP contribution in [0.4, 0.5) is 4.39 Å². The van der Waals surface area contributed by atoms with Crippen LogP contribution in [0, 0.1) is 5.82 Å². The second kappa shape index (κ2) is 8.73. The van der Waals surface area contributed by atoms with Crippen LogP contribution in [-0.2, 0) is 0 Å². The summed E-state index contributed by atoms with van der Waals surface area (Å²) in [5, 5.41) is 9.35.